The van der Waals surface area contributed by atoms with E-state index in [1.165, 1.54) is 22.3 Å². The van der Waals surface area contributed by atoms with Gasteiger partial charge in [0, 0.05) is 0 Å². The summed E-state index contributed by atoms with van der Waals surface area (Å²) in [6.45, 7) is 12.9. The topological polar surface area (TPSA) is 9.23 Å². The van der Waals surface area contributed by atoms with Crippen LogP contribution in [0.3, 0.4) is 0 Å². The third kappa shape index (κ3) is 4.13. The van der Waals surface area contributed by atoms with Crippen LogP contribution in [0.15, 0.2) is 42.5 Å². The lowest BCUT2D eigenvalue weighted by molar-refractivity contribution is 0.131. The van der Waals surface area contributed by atoms with Crippen LogP contribution in [0.4, 0.5) is 0 Å². The first-order valence-electron chi connectivity index (χ1n) is 8.22. The largest absolute Gasteiger partial charge is 0.488 e. The van der Waals surface area contributed by atoms with Gasteiger partial charge in [0.2, 0.25) is 0 Å². The Kier molecular flexibility index (Phi) is 4.95. The number of rotatable bonds is 4. The van der Waals surface area contributed by atoms with Crippen LogP contribution in [0.5, 0.6) is 5.75 Å². The monoisotopic (exact) mass is 296 g/mol. The second kappa shape index (κ2) is 6.56. The molecular weight excluding hydrogens is 268 g/mol. The predicted octanol–water partition coefficient (Wildman–Crippen LogP) is 6.22. The molecule has 0 radical (unpaired) electrons. The molecule has 0 aliphatic rings. The van der Waals surface area contributed by atoms with E-state index < -0.39 is 0 Å². The zero-order valence-corrected chi connectivity index (χ0v) is 14.7. The van der Waals surface area contributed by atoms with Crippen molar-refractivity contribution in [1.29, 1.82) is 0 Å². The van der Waals surface area contributed by atoms with Crippen LogP contribution in [-0.2, 0) is 6.42 Å². The van der Waals surface area contributed by atoms with Crippen LogP contribution in [0, 0.1) is 0 Å². The summed E-state index contributed by atoms with van der Waals surface area (Å²) >= 11 is 0. The van der Waals surface area contributed by atoms with Crippen molar-refractivity contribution in [3.8, 4) is 16.9 Å². The molecule has 0 saturated carbocycles. The highest BCUT2D eigenvalue weighted by Gasteiger charge is 2.12. The fraction of sp³-hybridized carbons (Fsp3) is 0.429. The molecule has 0 N–H and O–H groups in total. The van der Waals surface area contributed by atoms with Crippen molar-refractivity contribution in [2.45, 2.75) is 59.5 Å². The van der Waals surface area contributed by atoms with Gasteiger partial charge in [0.1, 0.15) is 11.4 Å². The standard InChI is InChI=1S/C21H28O/c1-7-16-8-9-18(15(2)3)14-20(16)17-10-12-19(13-11-17)22-21(4,5)6/h8-15H,7H2,1-6H3. The molecule has 22 heavy (non-hydrogen) atoms. The summed E-state index contributed by atoms with van der Waals surface area (Å²) in [6, 6.07) is 15.3. The Morgan fingerprint density at radius 1 is 0.955 bits per heavy atom. The maximum Gasteiger partial charge on any atom is 0.120 e. The Morgan fingerprint density at radius 2 is 1.59 bits per heavy atom. The predicted molar refractivity (Wildman–Crippen MR) is 95.7 cm³/mol. The van der Waals surface area contributed by atoms with Crippen molar-refractivity contribution in [2.24, 2.45) is 0 Å². The highest BCUT2D eigenvalue weighted by atomic mass is 16.5. The second-order valence-electron chi connectivity index (χ2n) is 7.16. The molecule has 1 nitrogen and oxygen atoms in total. The minimum Gasteiger partial charge on any atom is -0.488 e. The van der Waals surface area contributed by atoms with E-state index in [9.17, 15) is 0 Å². The molecule has 2 aromatic carbocycles. The molecule has 2 aromatic rings. The Balaban J connectivity index is 2.36. The van der Waals surface area contributed by atoms with Crippen LogP contribution in [0.25, 0.3) is 11.1 Å². The molecule has 2 rings (SSSR count). The quantitative estimate of drug-likeness (QED) is 0.651. The summed E-state index contributed by atoms with van der Waals surface area (Å²) in [6.07, 6.45) is 1.05. The molecule has 0 saturated heterocycles. The van der Waals surface area contributed by atoms with E-state index in [1.807, 2.05) is 0 Å². The minimum absolute atomic E-state index is 0.159. The number of benzene rings is 2. The molecule has 118 valence electrons. The van der Waals surface area contributed by atoms with Crippen molar-refractivity contribution in [1.82, 2.24) is 0 Å². The normalized spacial score (nSPS) is 11.8. The molecule has 0 spiro atoms. The Labute approximate surface area is 135 Å². The van der Waals surface area contributed by atoms with E-state index in [-0.39, 0.29) is 5.60 Å². The molecule has 0 amide bonds. The zero-order valence-electron chi connectivity index (χ0n) is 14.7. The molecule has 0 atom stereocenters. The average molecular weight is 296 g/mol. The van der Waals surface area contributed by atoms with Crippen LogP contribution < -0.4 is 4.74 Å². The van der Waals surface area contributed by atoms with Crippen molar-refractivity contribution in [3.05, 3.63) is 53.6 Å². The van der Waals surface area contributed by atoms with Gasteiger partial charge in [-0.1, -0.05) is 51.1 Å². The first-order chi connectivity index (χ1) is 10.3. The first kappa shape index (κ1) is 16.6. The average Bonchev–Trinajstić information content (AvgIpc) is 2.45. The number of ether oxygens (including phenoxy) is 1. The zero-order chi connectivity index (χ0) is 16.3. The molecule has 0 aromatic heterocycles. The SMILES string of the molecule is CCc1ccc(C(C)C)cc1-c1ccc(OC(C)(C)C)cc1. The Morgan fingerprint density at radius 3 is 2.09 bits per heavy atom. The lowest BCUT2D eigenvalue weighted by Crippen LogP contribution is -2.22. The molecule has 0 aliphatic heterocycles. The van der Waals surface area contributed by atoms with Crippen molar-refractivity contribution >= 4 is 0 Å². The number of aryl methyl sites for hydroxylation is 1. The Bertz CT molecular complexity index is 615. The van der Waals surface area contributed by atoms with E-state index in [0.29, 0.717) is 5.92 Å². The van der Waals surface area contributed by atoms with Crippen molar-refractivity contribution in [3.63, 3.8) is 0 Å². The van der Waals surface area contributed by atoms with E-state index in [1.54, 1.807) is 0 Å². The van der Waals surface area contributed by atoms with Crippen LogP contribution in [0.1, 0.15) is 58.6 Å². The molecule has 0 aliphatic carbocycles. The van der Waals surface area contributed by atoms with Gasteiger partial charge in [0.15, 0.2) is 0 Å². The summed E-state index contributed by atoms with van der Waals surface area (Å²) in [7, 11) is 0. The molecule has 0 heterocycles. The van der Waals surface area contributed by atoms with Gasteiger partial charge in [-0.15, -0.1) is 0 Å². The molecular formula is C21H28O. The van der Waals surface area contributed by atoms with Gasteiger partial charge in [-0.25, -0.2) is 0 Å². The fourth-order valence-electron chi connectivity index (χ4n) is 2.59. The summed E-state index contributed by atoms with van der Waals surface area (Å²) in [5, 5.41) is 0. The van der Waals surface area contributed by atoms with Crippen molar-refractivity contribution in [2.75, 3.05) is 0 Å². The van der Waals surface area contributed by atoms with Crippen molar-refractivity contribution < 1.29 is 4.74 Å². The number of hydrogen-bond acceptors (Lipinski definition) is 1. The van der Waals surface area contributed by atoms with E-state index in [0.717, 1.165) is 12.2 Å². The summed E-state index contributed by atoms with van der Waals surface area (Å²) in [4.78, 5) is 0. The third-order valence-electron chi connectivity index (χ3n) is 3.77. The second-order valence-corrected chi connectivity index (χ2v) is 7.16. The first-order valence-corrected chi connectivity index (χ1v) is 8.22. The third-order valence-corrected chi connectivity index (χ3v) is 3.77. The minimum atomic E-state index is -0.159. The van der Waals surface area contributed by atoms with Crippen LogP contribution in [-0.4, -0.2) is 5.60 Å². The highest BCUT2D eigenvalue weighted by Crippen LogP contribution is 2.30. The molecule has 0 unspecified atom stereocenters. The Hall–Kier alpha value is -1.76. The molecule has 0 fully saturated rings. The van der Waals surface area contributed by atoms with Gasteiger partial charge in [0.25, 0.3) is 0 Å². The van der Waals surface area contributed by atoms with Gasteiger partial charge in [-0.05, 0) is 67.5 Å². The van der Waals surface area contributed by atoms with Gasteiger partial charge in [0.05, 0.1) is 0 Å². The smallest absolute Gasteiger partial charge is 0.120 e. The number of hydrogen-bond donors (Lipinski definition) is 0. The summed E-state index contributed by atoms with van der Waals surface area (Å²) in [5.41, 5.74) is 5.24. The van der Waals surface area contributed by atoms with E-state index >= 15 is 0 Å². The maximum absolute atomic E-state index is 5.91. The molecule has 0 bridgehead atoms. The van der Waals surface area contributed by atoms with Gasteiger partial charge in [-0.2, -0.15) is 0 Å². The van der Waals surface area contributed by atoms with E-state index in [4.69, 9.17) is 4.74 Å². The lowest BCUT2D eigenvalue weighted by Gasteiger charge is -2.21. The fourth-order valence-corrected chi connectivity index (χ4v) is 2.59. The van der Waals surface area contributed by atoms with Crippen LogP contribution in [0.2, 0.25) is 0 Å². The molecule has 1 heteroatoms. The summed E-state index contributed by atoms with van der Waals surface area (Å²) < 4.78 is 5.91. The van der Waals surface area contributed by atoms with Crippen LogP contribution >= 0.6 is 0 Å². The summed E-state index contributed by atoms with van der Waals surface area (Å²) in [5.74, 6) is 1.47. The lowest BCUT2D eigenvalue weighted by atomic mass is 9.92. The van der Waals surface area contributed by atoms with Gasteiger partial charge < -0.3 is 4.74 Å². The maximum atomic E-state index is 5.91. The van der Waals surface area contributed by atoms with Gasteiger partial charge >= 0.3 is 0 Å². The van der Waals surface area contributed by atoms with Gasteiger partial charge in [-0.3, -0.25) is 0 Å². The highest BCUT2D eigenvalue weighted by molar-refractivity contribution is 5.69. The van der Waals surface area contributed by atoms with E-state index in [2.05, 4.69) is 84.0 Å².